The molecule has 0 amide bonds. The minimum Gasteiger partial charge on any atom is -0.385 e. The number of hydrogen-bond acceptors (Lipinski definition) is 5. The van der Waals surface area contributed by atoms with Gasteiger partial charge in [0.25, 0.3) is 0 Å². The van der Waals surface area contributed by atoms with Gasteiger partial charge in [-0.15, -0.1) is 0 Å². The lowest BCUT2D eigenvalue weighted by Crippen LogP contribution is -2.24. The first-order chi connectivity index (χ1) is 8.19. The third-order valence-corrected chi connectivity index (χ3v) is 2.53. The normalized spacial score (nSPS) is 10.6. The van der Waals surface area contributed by atoms with Crippen molar-refractivity contribution in [2.75, 3.05) is 39.3 Å². The molecular weight excluding hydrogens is 216 g/mol. The van der Waals surface area contributed by atoms with E-state index in [0.717, 1.165) is 43.3 Å². The summed E-state index contributed by atoms with van der Waals surface area (Å²) in [5, 5.41) is 3.13. The molecule has 0 unspecified atom stereocenters. The van der Waals surface area contributed by atoms with Gasteiger partial charge in [0.05, 0.1) is 0 Å². The highest BCUT2D eigenvalue weighted by atomic mass is 16.5. The molecule has 0 radical (unpaired) electrons. The van der Waals surface area contributed by atoms with Crippen molar-refractivity contribution in [1.29, 1.82) is 0 Å². The van der Waals surface area contributed by atoms with Crippen LogP contribution >= 0.6 is 0 Å². The van der Waals surface area contributed by atoms with Crippen molar-refractivity contribution >= 4 is 5.82 Å². The van der Waals surface area contributed by atoms with Crippen LogP contribution in [-0.4, -0.2) is 44.3 Å². The van der Waals surface area contributed by atoms with Gasteiger partial charge >= 0.3 is 0 Å². The second kappa shape index (κ2) is 7.19. The van der Waals surface area contributed by atoms with Crippen molar-refractivity contribution in [3.05, 3.63) is 17.6 Å². The molecule has 0 atom stereocenters. The molecule has 1 N–H and O–H groups in total. The summed E-state index contributed by atoms with van der Waals surface area (Å²) < 4.78 is 5.06. The van der Waals surface area contributed by atoms with Gasteiger partial charge in [0.1, 0.15) is 11.6 Å². The number of anilines is 1. The van der Waals surface area contributed by atoms with E-state index >= 15 is 0 Å². The molecule has 1 aromatic heterocycles. The maximum Gasteiger partial charge on any atom is 0.136 e. The SMILES string of the molecule is CNCc1cnc(C)nc1N(C)CCCOC. The summed E-state index contributed by atoms with van der Waals surface area (Å²) in [5.41, 5.74) is 1.12. The van der Waals surface area contributed by atoms with Crippen molar-refractivity contribution < 1.29 is 4.74 Å². The lowest BCUT2D eigenvalue weighted by Gasteiger charge is -2.21. The number of aryl methyl sites for hydroxylation is 1. The highest BCUT2D eigenvalue weighted by Gasteiger charge is 2.09. The third kappa shape index (κ3) is 4.28. The van der Waals surface area contributed by atoms with Crippen LogP contribution in [0.3, 0.4) is 0 Å². The molecule has 5 heteroatoms. The highest BCUT2D eigenvalue weighted by molar-refractivity contribution is 5.45. The predicted octanol–water partition coefficient (Wildman–Crippen LogP) is 0.977. The van der Waals surface area contributed by atoms with E-state index in [-0.39, 0.29) is 0 Å². The monoisotopic (exact) mass is 238 g/mol. The van der Waals surface area contributed by atoms with Crippen molar-refractivity contribution in [3.63, 3.8) is 0 Å². The van der Waals surface area contributed by atoms with Crippen LogP contribution in [0.25, 0.3) is 0 Å². The van der Waals surface area contributed by atoms with E-state index in [1.54, 1.807) is 7.11 Å². The van der Waals surface area contributed by atoms with Crippen LogP contribution in [-0.2, 0) is 11.3 Å². The zero-order valence-electron chi connectivity index (χ0n) is 11.2. The molecule has 96 valence electrons. The number of rotatable bonds is 7. The Balaban J connectivity index is 2.74. The van der Waals surface area contributed by atoms with E-state index in [0.29, 0.717) is 0 Å². The van der Waals surface area contributed by atoms with Crippen LogP contribution in [0.15, 0.2) is 6.20 Å². The molecule has 0 spiro atoms. The minimum atomic E-state index is 0.774. The van der Waals surface area contributed by atoms with Gasteiger partial charge in [-0.1, -0.05) is 0 Å². The Kier molecular flexibility index (Phi) is 5.86. The summed E-state index contributed by atoms with van der Waals surface area (Å²) >= 11 is 0. The molecular formula is C12H22N4O. The molecule has 1 heterocycles. The first-order valence-electron chi connectivity index (χ1n) is 5.86. The summed E-state index contributed by atoms with van der Waals surface area (Å²) in [6, 6.07) is 0. The fourth-order valence-electron chi connectivity index (χ4n) is 1.68. The number of nitrogens with zero attached hydrogens (tertiary/aromatic N) is 3. The minimum absolute atomic E-state index is 0.774. The van der Waals surface area contributed by atoms with Crippen LogP contribution in [0, 0.1) is 6.92 Å². The van der Waals surface area contributed by atoms with E-state index in [1.807, 2.05) is 20.2 Å². The fraction of sp³-hybridized carbons (Fsp3) is 0.667. The van der Waals surface area contributed by atoms with E-state index in [4.69, 9.17) is 4.74 Å². The first-order valence-corrected chi connectivity index (χ1v) is 5.86. The molecule has 0 aromatic carbocycles. The molecule has 17 heavy (non-hydrogen) atoms. The second-order valence-electron chi connectivity index (χ2n) is 4.06. The molecule has 0 aliphatic rings. The van der Waals surface area contributed by atoms with Gasteiger partial charge in [-0.2, -0.15) is 0 Å². The summed E-state index contributed by atoms with van der Waals surface area (Å²) in [5.74, 6) is 1.81. The topological polar surface area (TPSA) is 50.3 Å². The fourth-order valence-corrected chi connectivity index (χ4v) is 1.68. The van der Waals surface area contributed by atoms with Gasteiger partial charge in [0.2, 0.25) is 0 Å². The Bertz CT molecular complexity index is 343. The van der Waals surface area contributed by atoms with Gasteiger partial charge in [-0.3, -0.25) is 0 Å². The summed E-state index contributed by atoms with van der Waals surface area (Å²) in [6.07, 6.45) is 2.88. The molecule has 0 saturated carbocycles. The van der Waals surface area contributed by atoms with Crippen LogP contribution in [0.4, 0.5) is 5.82 Å². The van der Waals surface area contributed by atoms with E-state index in [2.05, 4.69) is 27.2 Å². The number of ether oxygens (including phenoxy) is 1. The highest BCUT2D eigenvalue weighted by Crippen LogP contribution is 2.15. The van der Waals surface area contributed by atoms with Crippen LogP contribution in [0.2, 0.25) is 0 Å². The standard InChI is InChI=1S/C12H22N4O/c1-10-14-9-11(8-13-2)12(15-10)16(3)6-5-7-17-4/h9,13H,5-8H2,1-4H3. The molecule has 0 bridgehead atoms. The van der Waals surface area contributed by atoms with Crippen LogP contribution < -0.4 is 10.2 Å². The number of nitrogens with one attached hydrogen (secondary N) is 1. The first kappa shape index (κ1) is 13.9. The maximum absolute atomic E-state index is 5.06. The zero-order valence-corrected chi connectivity index (χ0v) is 11.2. The van der Waals surface area contributed by atoms with E-state index in [9.17, 15) is 0 Å². The van der Waals surface area contributed by atoms with Crippen molar-refractivity contribution in [2.24, 2.45) is 0 Å². The van der Waals surface area contributed by atoms with Gasteiger partial charge in [-0.25, -0.2) is 9.97 Å². The maximum atomic E-state index is 5.06. The average molecular weight is 238 g/mol. The number of methoxy groups -OCH3 is 1. The Labute approximate surface area is 103 Å². The molecule has 0 aliphatic carbocycles. The second-order valence-corrected chi connectivity index (χ2v) is 4.06. The third-order valence-electron chi connectivity index (χ3n) is 2.53. The Morgan fingerprint density at radius 2 is 2.24 bits per heavy atom. The summed E-state index contributed by atoms with van der Waals surface area (Å²) in [6.45, 7) is 4.40. The summed E-state index contributed by atoms with van der Waals surface area (Å²) in [7, 11) is 5.70. The summed E-state index contributed by atoms with van der Waals surface area (Å²) in [4.78, 5) is 10.9. The predicted molar refractivity (Wildman–Crippen MR) is 69.3 cm³/mol. The molecule has 1 rings (SSSR count). The molecule has 0 fully saturated rings. The number of aromatic nitrogens is 2. The number of hydrogen-bond donors (Lipinski definition) is 1. The Morgan fingerprint density at radius 3 is 2.88 bits per heavy atom. The largest absolute Gasteiger partial charge is 0.385 e. The molecule has 0 saturated heterocycles. The van der Waals surface area contributed by atoms with Crippen molar-refractivity contribution in [3.8, 4) is 0 Å². The van der Waals surface area contributed by atoms with Crippen LogP contribution in [0.5, 0.6) is 0 Å². The molecule has 0 aliphatic heterocycles. The molecule has 1 aromatic rings. The van der Waals surface area contributed by atoms with Crippen LogP contribution in [0.1, 0.15) is 17.8 Å². The quantitative estimate of drug-likeness (QED) is 0.718. The van der Waals surface area contributed by atoms with Gasteiger partial charge in [0.15, 0.2) is 0 Å². The van der Waals surface area contributed by atoms with Gasteiger partial charge < -0.3 is 15.0 Å². The van der Waals surface area contributed by atoms with Crippen molar-refractivity contribution in [2.45, 2.75) is 19.9 Å². The van der Waals surface area contributed by atoms with E-state index < -0.39 is 0 Å². The lowest BCUT2D eigenvalue weighted by molar-refractivity contribution is 0.196. The Morgan fingerprint density at radius 1 is 1.47 bits per heavy atom. The smallest absolute Gasteiger partial charge is 0.136 e. The Hall–Kier alpha value is -1.20. The van der Waals surface area contributed by atoms with Crippen molar-refractivity contribution in [1.82, 2.24) is 15.3 Å². The van der Waals surface area contributed by atoms with Gasteiger partial charge in [-0.05, 0) is 20.4 Å². The van der Waals surface area contributed by atoms with Gasteiger partial charge in [0, 0.05) is 45.6 Å². The zero-order chi connectivity index (χ0) is 12.7. The average Bonchev–Trinajstić information content (AvgIpc) is 2.32. The molecule has 5 nitrogen and oxygen atoms in total. The lowest BCUT2D eigenvalue weighted by atomic mass is 10.2. The van der Waals surface area contributed by atoms with E-state index in [1.165, 1.54) is 0 Å².